The molecule has 0 saturated heterocycles. The molecule has 0 bridgehead atoms. The summed E-state index contributed by atoms with van der Waals surface area (Å²) in [6, 6.07) is 9.30. The van der Waals surface area contributed by atoms with E-state index in [1.807, 2.05) is 51.1 Å². The number of carbonyl (C=O) groups is 2. The highest BCUT2D eigenvalue weighted by Gasteiger charge is 2.24. The van der Waals surface area contributed by atoms with Crippen LogP contribution in [0.15, 0.2) is 30.3 Å². The fourth-order valence-electron chi connectivity index (χ4n) is 1.86. The summed E-state index contributed by atoms with van der Waals surface area (Å²) >= 11 is 0. The number of benzene rings is 1. The number of carboxylic acids is 1. The first-order valence-electron chi connectivity index (χ1n) is 6.38. The van der Waals surface area contributed by atoms with Crippen LogP contribution in [0.2, 0.25) is 0 Å². The van der Waals surface area contributed by atoms with Gasteiger partial charge in [0.25, 0.3) is 0 Å². The second kappa shape index (κ2) is 6.36. The van der Waals surface area contributed by atoms with Crippen molar-refractivity contribution in [2.75, 3.05) is 0 Å². The Morgan fingerprint density at radius 3 is 2.26 bits per heavy atom. The van der Waals surface area contributed by atoms with Gasteiger partial charge in [-0.1, -0.05) is 30.3 Å². The van der Waals surface area contributed by atoms with E-state index in [2.05, 4.69) is 5.32 Å². The van der Waals surface area contributed by atoms with Gasteiger partial charge in [-0.05, 0) is 32.8 Å². The van der Waals surface area contributed by atoms with Crippen LogP contribution in [-0.4, -0.2) is 22.5 Å². The van der Waals surface area contributed by atoms with E-state index in [9.17, 15) is 9.59 Å². The van der Waals surface area contributed by atoms with Crippen LogP contribution in [0.5, 0.6) is 0 Å². The Kier molecular flexibility index (Phi) is 5.10. The molecule has 1 aromatic carbocycles. The Morgan fingerprint density at radius 1 is 1.21 bits per heavy atom. The van der Waals surface area contributed by atoms with Gasteiger partial charge >= 0.3 is 5.97 Å². The molecule has 0 saturated carbocycles. The normalized spacial score (nSPS) is 12.8. The maximum atomic E-state index is 12.3. The van der Waals surface area contributed by atoms with Gasteiger partial charge in [-0.25, -0.2) is 0 Å². The molecular formula is C15H21NO3. The monoisotopic (exact) mass is 263 g/mol. The smallest absolute Gasteiger partial charge is 0.303 e. The van der Waals surface area contributed by atoms with Crippen LogP contribution in [0.1, 0.15) is 45.1 Å². The number of carbonyl (C=O) groups excluding carboxylic acids is 1. The van der Waals surface area contributed by atoms with Gasteiger partial charge in [0, 0.05) is 12.0 Å². The van der Waals surface area contributed by atoms with Crippen molar-refractivity contribution < 1.29 is 14.7 Å². The molecule has 2 N–H and O–H groups in total. The van der Waals surface area contributed by atoms with Gasteiger partial charge in [0.2, 0.25) is 5.91 Å². The van der Waals surface area contributed by atoms with Crippen LogP contribution in [-0.2, 0) is 9.59 Å². The number of hydrogen-bond donors (Lipinski definition) is 2. The summed E-state index contributed by atoms with van der Waals surface area (Å²) in [6.45, 7) is 5.72. The average Bonchev–Trinajstić information content (AvgIpc) is 2.27. The second-order valence-corrected chi connectivity index (χ2v) is 5.63. The fourth-order valence-corrected chi connectivity index (χ4v) is 1.86. The van der Waals surface area contributed by atoms with E-state index in [-0.39, 0.29) is 17.9 Å². The van der Waals surface area contributed by atoms with Crippen LogP contribution in [0, 0.1) is 0 Å². The van der Waals surface area contributed by atoms with E-state index in [1.165, 1.54) is 0 Å². The van der Waals surface area contributed by atoms with Gasteiger partial charge in [0.15, 0.2) is 0 Å². The van der Waals surface area contributed by atoms with Crippen molar-refractivity contribution in [1.29, 1.82) is 0 Å². The third-order valence-electron chi connectivity index (χ3n) is 2.66. The van der Waals surface area contributed by atoms with Crippen LogP contribution in [0.3, 0.4) is 0 Å². The Hall–Kier alpha value is -1.84. The van der Waals surface area contributed by atoms with Gasteiger partial charge in [0.1, 0.15) is 0 Å². The minimum atomic E-state index is -0.885. The maximum Gasteiger partial charge on any atom is 0.303 e. The Balaban J connectivity index is 2.86. The number of amides is 1. The zero-order valence-electron chi connectivity index (χ0n) is 11.6. The lowest BCUT2D eigenvalue weighted by Crippen LogP contribution is -2.43. The summed E-state index contributed by atoms with van der Waals surface area (Å²) in [4.78, 5) is 23.0. The molecule has 104 valence electrons. The third-order valence-corrected chi connectivity index (χ3v) is 2.66. The van der Waals surface area contributed by atoms with E-state index < -0.39 is 11.9 Å². The number of aliphatic carboxylic acids is 1. The second-order valence-electron chi connectivity index (χ2n) is 5.63. The summed E-state index contributed by atoms with van der Waals surface area (Å²) in [5.41, 5.74) is 0.526. The van der Waals surface area contributed by atoms with E-state index in [4.69, 9.17) is 5.11 Å². The van der Waals surface area contributed by atoms with Gasteiger partial charge < -0.3 is 10.4 Å². The van der Waals surface area contributed by atoms with Crippen molar-refractivity contribution in [3.8, 4) is 0 Å². The molecule has 1 atom stereocenters. The molecule has 1 rings (SSSR count). The molecule has 0 heterocycles. The van der Waals surface area contributed by atoms with Gasteiger partial charge in [0.05, 0.1) is 5.92 Å². The zero-order chi connectivity index (χ0) is 14.5. The summed E-state index contributed by atoms with van der Waals surface area (Å²) in [5, 5.41) is 11.7. The number of nitrogens with one attached hydrogen (secondary N) is 1. The minimum absolute atomic E-state index is 0.0167. The number of rotatable bonds is 5. The quantitative estimate of drug-likeness (QED) is 0.858. The molecule has 4 heteroatoms. The molecule has 0 aliphatic rings. The summed E-state index contributed by atoms with van der Waals surface area (Å²) in [7, 11) is 0. The lowest BCUT2D eigenvalue weighted by molar-refractivity contribution is -0.137. The van der Waals surface area contributed by atoms with Gasteiger partial charge in [-0.15, -0.1) is 0 Å². The van der Waals surface area contributed by atoms with E-state index in [0.717, 1.165) is 5.56 Å². The summed E-state index contributed by atoms with van der Waals surface area (Å²) in [5.74, 6) is -1.43. The molecule has 0 aliphatic carbocycles. The number of carboxylic acid groups (broad SMARTS) is 1. The maximum absolute atomic E-state index is 12.3. The average molecular weight is 263 g/mol. The van der Waals surface area contributed by atoms with Gasteiger partial charge in [-0.3, -0.25) is 9.59 Å². The van der Waals surface area contributed by atoms with Crippen molar-refractivity contribution in [3.05, 3.63) is 35.9 Å². The minimum Gasteiger partial charge on any atom is -0.481 e. The predicted molar refractivity (Wildman–Crippen MR) is 73.9 cm³/mol. The highest BCUT2D eigenvalue weighted by molar-refractivity contribution is 5.84. The fraction of sp³-hybridized carbons (Fsp3) is 0.467. The van der Waals surface area contributed by atoms with Crippen molar-refractivity contribution in [2.45, 2.75) is 45.1 Å². The number of hydrogen-bond acceptors (Lipinski definition) is 2. The molecule has 0 spiro atoms. The Morgan fingerprint density at radius 2 is 1.79 bits per heavy atom. The predicted octanol–water partition coefficient (Wildman–Crippen LogP) is 2.55. The molecular weight excluding hydrogens is 242 g/mol. The van der Waals surface area contributed by atoms with Gasteiger partial charge in [-0.2, -0.15) is 0 Å². The highest BCUT2D eigenvalue weighted by atomic mass is 16.4. The third kappa shape index (κ3) is 5.55. The molecule has 1 aromatic rings. The van der Waals surface area contributed by atoms with Crippen molar-refractivity contribution in [2.24, 2.45) is 0 Å². The van der Waals surface area contributed by atoms with E-state index in [1.54, 1.807) is 0 Å². The first kappa shape index (κ1) is 15.2. The SMILES string of the molecule is CC(C)(C)NC(=O)C(CCC(=O)O)c1ccccc1. The van der Waals surface area contributed by atoms with Crippen molar-refractivity contribution >= 4 is 11.9 Å². The lowest BCUT2D eigenvalue weighted by atomic mass is 9.92. The van der Waals surface area contributed by atoms with E-state index >= 15 is 0 Å². The van der Waals surface area contributed by atoms with E-state index in [0.29, 0.717) is 6.42 Å². The van der Waals surface area contributed by atoms with Crippen LogP contribution in [0.25, 0.3) is 0 Å². The van der Waals surface area contributed by atoms with Crippen LogP contribution in [0.4, 0.5) is 0 Å². The standard InChI is InChI=1S/C15H21NO3/c1-15(2,3)16-14(19)12(9-10-13(17)18)11-7-5-4-6-8-11/h4-8,12H,9-10H2,1-3H3,(H,16,19)(H,17,18). The first-order valence-corrected chi connectivity index (χ1v) is 6.38. The molecule has 1 amide bonds. The lowest BCUT2D eigenvalue weighted by Gasteiger charge is -2.25. The highest BCUT2D eigenvalue weighted by Crippen LogP contribution is 2.22. The molecule has 0 aromatic heterocycles. The molecule has 0 aliphatic heterocycles. The summed E-state index contributed by atoms with van der Waals surface area (Å²) < 4.78 is 0. The zero-order valence-corrected chi connectivity index (χ0v) is 11.6. The first-order chi connectivity index (χ1) is 8.79. The Bertz CT molecular complexity index is 434. The molecule has 0 radical (unpaired) electrons. The molecule has 0 fully saturated rings. The molecule has 4 nitrogen and oxygen atoms in total. The van der Waals surface area contributed by atoms with Crippen molar-refractivity contribution in [3.63, 3.8) is 0 Å². The van der Waals surface area contributed by atoms with Crippen LogP contribution < -0.4 is 5.32 Å². The topological polar surface area (TPSA) is 66.4 Å². The van der Waals surface area contributed by atoms with Crippen molar-refractivity contribution in [1.82, 2.24) is 5.32 Å². The Labute approximate surface area is 113 Å². The molecule has 1 unspecified atom stereocenters. The van der Waals surface area contributed by atoms with Crippen LogP contribution >= 0.6 is 0 Å². The molecule has 19 heavy (non-hydrogen) atoms. The summed E-state index contributed by atoms with van der Waals surface area (Å²) in [6.07, 6.45) is 0.290. The largest absolute Gasteiger partial charge is 0.481 e.